The summed E-state index contributed by atoms with van der Waals surface area (Å²) >= 11 is 3.81. The first-order chi connectivity index (χ1) is 11.4. The molecule has 0 amide bonds. The second-order valence-corrected chi connectivity index (χ2v) is 7.96. The number of hydrogen-bond donors (Lipinski definition) is 2. The molecule has 0 saturated carbocycles. The third kappa shape index (κ3) is 6.68. The van der Waals surface area contributed by atoms with Gasteiger partial charge in [-0.1, -0.05) is 6.07 Å². The summed E-state index contributed by atoms with van der Waals surface area (Å²) in [6.07, 6.45) is 5.23. The maximum absolute atomic E-state index is 5.37. The summed E-state index contributed by atoms with van der Waals surface area (Å²) < 4.78 is 5.37. The summed E-state index contributed by atoms with van der Waals surface area (Å²) in [7, 11) is 0. The third-order valence-corrected chi connectivity index (χ3v) is 6.00. The molecule has 1 aliphatic rings. The lowest BCUT2D eigenvalue weighted by atomic mass is 10.2. The second kappa shape index (κ2) is 11.0. The Morgan fingerprint density at radius 2 is 2.25 bits per heavy atom. The summed E-state index contributed by atoms with van der Waals surface area (Å²) in [5.41, 5.74) is 0. The minimum Gasteiger partial charge on any atom is -0.469 e. The van der Waals surface area contributed by atoms with Crippen LogP contribution in [0, 0.1) is 0 Å². The van der Waals surface area contributed by atoms with E-state index in [1.807, 2.05) is 12.1 Å². The number of nitrogens with one attached hydrogen (secondary N) is 2. The van der Waals surface area contributed by atoms with Gasteiger partial charge in [-0.3, -0.25) is 0 Å². The zero-order valence-corrected chi connectivity index (χ0v) is 17.5. The molecule has 0 radical (unpaired) electrons. The van der Waals surface area contributed by atoms with Crippen molar-refractivity contribution in [3.05, 3.63) is 46.5 Å². The smallest absolute Gasteiger partial charge is 0.191 e. The number of hydrogen-bond acceptors (Lipinski definition) is 4. The lowest BCUT2D eigenvalue weighted by Crippen LogP contribution is -2.41. The fourth-order valence-corrected chi connectivity index (χ4v) is 4.34. The number of nitrogens with zero attached hydrogens (tertiary/aromatic N) is 1. The van der Waals surface area contributed by atoms with Gasteiger partial charge in [0.15, 0.2) is 5.96 Å². The molecular formula is C17H24IN3OS2. The van der Waals surface area contributed by atoms with Gasteiger partial charge in [0.25, 0.3) is 0 Å². The monoisotopic (exact) mass is 477 g/mol. The Kier molecular flexibility index (Phi) is 9.04. The average Bonchev–Trinajstić information content (AvgIpc) is 3.33. The normalized spacial score (nSPS) is 17.5. The molecule has 0 spiro atoms. The van der Waals surface area contributed by atoms with Crippen LogP contribution in [0.1, 0.15) is 23.5 Å². The Morgan fingerprint density at radius 3 is 2.96 bits per heavy atom. The Hall–Kier alpha value is -0.670. The fourth-order valence-electron chi connectivity index (χ4n) is 2.51. The first-order valence-electron chi connectivity index (χ1n) is 8.09. The number of furan rings is 1. The van der Waals surface area contributed by atoms with Crippen LogP contribution in [0.2, 0.25) is 0 Å². The molecular weight excluding hydrogens is 453 g/mol. The number of halogens is 1. The number of thioether (sulfide) groups is 1. The Bertz CT molecular complexity index is 581. The summed E-state index contributed by atoms with van der Waals surface area (Å²) in [6.45, 7) is 2.54. The van der Waals surface area contributed by atoms with Crippen LogP contribution in [0.4, 0.5) is 0 Å². The fraction of sp³-hybridized carbons (Fsp3) is 0.471. The summed E-state index contributed by atoms with van der Waals surface area (Å²) in [5.74, 6) is 3.19. The largest absolute Gasteiger partial charge is 0.469 e. The van der Waals surface area contributed by atoms with Crippen LogP contribution in [0.25, 0.3) is 0 Å². The Morgan fingerprint density at radius 1 is 1.29 bits per heavy atom. The molecule has 1 saturated heterocycles. The topological polar surface area (TPSA) is 49.6 Å². The van der Waals surface area contributed by atoms with E-state index in [1.54, 1.807) is 17.6 Å². The van der Waals surface area contributed by atoms with Crippen molar-refractivity contribution in [2.24, 2.45) is 4.99 Å². The van der Waals surface area contributed by atoms with Crippen molar-refractivity contribution in [2.75, 3.05) is 18.8 Å². The molecule has 4 nitrogen and oxygen atoms in total. The van der Waals surface area contributed by atoms with Crippen LogP contribution in [0.5, 0.6) is 0 Å². The predicted molar refractivity (Wildman–Crippen MR) is 115 cm³/mol. The Labute approximate surface area is 168 Å². The van der Waals surface area contributed by atoms with Crippen LogP contribution < -0.4 is 10.6 Å². The highest BCUT2D eigenvalue weighted by Crippen LogP contribution is 2.25. The van der Waals surface area contributed by atoms with E-state index in [-0.39, 0.29) is 24.0 Å². The summed E-state index contributed by atoms with van der Waals surface area (Å²) in [5, 5.41) is 9.73. The van der Waals surface area contributed by atoms with Crippen LogP contribution in [-0.4, -0.2) is 30.1 Å². The first-order valence-corrected chi connectivity index (χ1v) is 10.0. The van der Waals surface area contributed by atoms with E-state index in [1.165, 1.54) is 23.5 Å². The summed E-state index contributed by atoms with van der Waals surface area (Å²) in [4.78, 5) is 6.00. The molecule has 1 atom stereocenters. The highest BCUT2D eigenvalue weighted by molar-refractivity contribution is 14.0. The molecule has 1 aliphatic heterocycles. The molecule has 1 unspecified atom stereocenters. The highest BCUT2D eigenvalue weighted by Gasteiger charge is 2.15. The minimum absolute atomic E-state index is 0. The van der Waals surface area contributed by atoms with E-state index >= 15 is 0 Å². The maximum atomic E-state index is 5.37. The SMILES string of the molecule is I.c1coc(CCNC(=NCc2cccs2)NCC2CCCS2)c1. The van der Waals surface area contributed by atoms with Gasteiger partial charge in [-0.25, -0.2) is 4.99 Å². The molecule has 3 rings (SSSR count). The van der Waals surface area contributed by atoms with Crippen LogP contribution in [0.3, 0.4) is 0 Å². The lowest BCUT2D eigenvalue weighted by molar-refractivity contribution is 0.506. The van der Waals surface area contributed by atoms with Crippen molar-refractivity contribution in [2.45, 2.75) is 31.1 Å². The molecule has 0 aliphatic carbocycles. The lowest BCUT2D eigenvalue weighted by Gasteiger charge is -2.15. The molecule has 2 aromatic rings. The number of aliphatic imine (C=N–C) groups is 1. The van der Waals surface area contributed by atoms with E-state index in [0.717, 1.165) is 37.8 Å². The zero-order chi connectivity index (χ0) is 15.7. The van der Waals surface area contributed by atoms with Gasteiger partial charge < -0.3 is 15.1 Å². The van der Waals surface area contributed by atoms with Gasteiger partial charge in [-0.15, -0.1) is 35.3 Å². The molecule has 2 N–H and O–H groups in total. The highest BCUT2D eigenvalue weighted by atomic mass is 127. The molecule has 24 heavy (non-hydrogen) atoms. The van der Waals surface area contributed by atoms with Crippen molar-refractivity contribution in [3.63, 3.8) is 0 Å². The van der Waals surface area contributed by atoms with E-state index in [4.69, 9.17) is 9.41 Å². The standard InChI is InChI=1S/C17H23N3OS2.HI/c1-4-14(21-9-1)7-8-18-17(19-12-15-5-2-10-22-15)20-13-16-6-3-11-23-16;/h1-2,4-5,9-10,16H,3,6-8,11-13H2,(H2,18,19,20);1H. The van der Waals surface area contributed by atoms with E-state index in [0.29, 0.717) is 5.25 Å². The first kappa shape index (κ1) is 19.7. The van der Waals surface area contributed by atoms with E-state index in [9.17, 15) is 0 Å². The van der Waals surface area contributed by atoms with Gasteiger partial charge in [-0.05, 0) is 42.2 Å². The van der Waals surface area contributed by atoms with Crippen LogP contribution in [0.15, 0.2) is 45.3 Å². The van der Waals surface area contributed by atoms with Gasteiger partial charge in [0, 0.05) is 29.6 Å². The van der Waals surface area contributed by atoms with Crippen LogP contribution >= 0.6 is 47.1 Å². The third-order valence-electron chi connectivity index (χ3n) is 3.74. The van der Waals surface area contributed by atoms with Gasteiger partial charge in [-0.2, -0.15) is 11.8 Å². The zero-order valence-electron chi connectivity index (χ0n) is 13.6. The molecule has 0 bridgehead atoms. The van der Waals surface area contributed by atoms with Gasteiger partial charge in [0.2, 0.25) is 0 Å². The van der Waals surface area contributed by atoms with Gasteiger partial charge in [0.1, 0.15) is 5.76 Å². The van der Waals surface area contributed by atoms with Crippen molar-refractivity contribution in [1.82, 2.24) is 10.6 Å². The van der Waals surface area contributed by atoms with Crippen LogP contribution in [-0.2, 0) is 13.0 Å². The van der Waals surface area contributed by atoms with E-state index in [2.05, 4.69) is 39.9 Å². The van der Waals surface area contributed by atoms with Crippen molar-refractivity contribution in [1.29, 1.82) is 0 Å². The number of rotatable bonds is 7. The molecule has 2 aromatic heterocycles. The van der Waals surface area contributed by atoms with E-state index < -0.39 is 0 Å². The summed E-state index contributed by atoms with van der Waals surface area (Å²) in [6, 6.07) is 8.13. The van der Waals surface area contributed by atoms with Crippen molar-refractivity contribution >= 4 is 53.0 Å². The van der Waals surface area contributed by atoms with Crippen molar-refractivity contribution < 1.29 is 4.42 Å². The van der Waals surface area contributed by atoms with Crippen molar-refractivity contribution in [3.8, 4) is 0 Å². The quantitative estimate of drug-likeness (QED) is 0.358. The number of guanidine groups is 1. The van der Waals surface area contributed by atoms with Gasteiger partial charge in [0.05, 0.1) is 12.8 Å². The average molecular weight is 477 g/mol. The Balaban J connectivity index is 0.00000208. The maximum Gasteiger partial charge on any atom is 0.191 e. The molecule has 132 valence electrons. The number of thiophene rings is 1. The molecule has 3 heterocycles. The predicted octanol–water partition coefficient (Wildman–Crippen LogP) is 4.13. The minimum atomic E-state index is 0. The molecule has 1 fully saturated rings. The van der Waals surface area contributed by atoms with Gasteiger partial charge >= 0.3 is 0 Å². The molecule has 7 heteroatoms. The molecule has 0 aromatic carbocycles. The second-order valence-electron chi connectivity index (χ2n) is 5.52.